The van der Waals surface area contributed by atoms with E-state index in [9.17, 15) is 0 Å². The van der Waals surface area contributed by atoms with Crippen molar-refractivity contribution in [2.45, 2.75) is 286 Å². The van der Waals surface area contributed by atoms with Crippen molar-refractivity contribution in [3.8, 4) is 23.1 Å². The van der Waals surface area contributed by atoms with Crippen LogP contribution in [0.5, 0.6) is 11.5 Å². The molecule has 3 aliphatic heterocycles. The summed E-state index contributed by atoms with van der Waals surface area (Å²) in [7, 11) is -8.97. The Labute approximate surface area is 602 Å². The lowest BCUT2D eigenvalue weighted by Gasteiger charge is -2.36. The second-order valence-electron chi connectivity index (χ2n) is 35.7. The lowest BCUT2D eigenvalue weighted by molar-refractivity contribution is 0.00578. The maximum Gasteiger partial charge on any atom is 0.495 e. The van der Waals surface area contributed by atoms with E-state index in [0.717, 1.165) is 66.3 Å². The van der Waals surface area contributed by atoms with E-state index in [0.29, 0.717) is 39.6 Å². The summed E-state index contributed by atoms with van der Waals surface area (Å²) in [6.07, 6.45) is 3.68. The predicted octanol–water partition coefficient (Wildman–Crippen LogP) is 18.0. The summed E-state index contributed by atoms with van der Waals surface area (Å²) in [5.74, 6) is 2.97. The van der Waals surface area contributed by atoms with Gasteiger partial charge >= 0.3 is 21.1 Å². The zero-order valence-electron chi connectivity index (χ0n) is 65.9. The molecule has 0 N–H and O–H groups in total. The molecule has 98 heavy (non-hydrogen) atoms. The zero-order valence-corrected chi connectivity index (χ0v) is 71.4. The van der Waals surface area contributed by atoms with E-state index >= 15 is 0 Å². The molecule has 3 saturated heterocycles. The van der Waals surface area contributed by atoms with Gasteiger partial charge in [0.1, 0.15) is 24.7 Å². The van der Waals surface area contributed by atoms with Crippen LogP contribution in [0.3, 0.4) is 0 Å². The third-order valence-corrected chi connectivity index (χ3v) is 41.1. The summed E-state index contributed by atoms with van der Waals surface area (Å²) in [4.78, 5) is 9.82. The smallest absolute Gasteiger partial charge is 0.490 e. The number of pyridine rings is 2. The summed E-state index contributed by atoms with van der Waals surface area (Å²) < 4.78 is 79.5. The van der Waals surface area contributed by atoms with Crippen LogP contribution in [0.25, 0.3) is 33.4 Å². The summed E-state index contributed by atoms with van der Waals surface area (Å²) >= 11 is 3.64. The Morgan fingerprint density at radius 1 is 0.418 bits per heavy atom. The van der Waals surface area contributed by atoms with E-state index in [2.05, 4.69) is 190 Å². The maximum atomic E-state index is 6.47. The zero-order chi connectivity index (χ0) is 73.9. The average molecular weight is 1490 g/mol. The van der Waals surface area contributed by atoms with Crippen molar-refractivity contribution >= 4 is 97.6 Å². The highest BCUT2D eigenvalue weighted by Crippen LogP contribution is 2.45. The van der Waals surface area contributed by atoms with Crippen molar-refractivity contribution in [2.24, 2.45) is 0 Å². The standard InChI is InChI=1S/C33H54BN3O5Si2.C27H42BrN3O3Si2.C12H24B2O4/c1-30(2,3)43(11,12)39-19-18-38-28-21-24(34-41-32(7,8)33(9,10)42-34)20-27-26(28)22-35-37(27)29-17-15-16-25(36-29)23-40-44(13,14)31(4,5)6;1-26(2,3)35(7,8)33-15-14-32-24-17-20(28)16-23-22(24)18-29-31(23)25-13-11-12-21(30-25)19-34-36(9,10)27(4,5)6;1-9(2)10(3,4)16-13(15-9)14-17-11(5,6)12(7,8)18-14/h15-17,20-22H,18-19,23H2,1-14H3;11-13,16-18H,14-15,19H2,1-10H3;1-8H3. The fourth-order valence-corrected chi connectivity index (χ4v) is 13.9. The van der Waals surface area contributed by atoms with Gasteiger partial charge in [-0.2, -0.15) is 10.2 Å². The molecule has 9 rings (SSSR count). The van der Waals surface area contributed by atoms with Crippen LogP contribution in [-0.4, -0.2) is 144 Å². The number of hydrogen-bond acceptors (Lipinski definition) is 16. The Morgan fingerprint density at radius 2 is 0.735 bits per heavy atom. The summed E-state index contributed by atoms with van der Waals surface area (Å²) in [6.45, 7) is 72.4. The molecule has 6 aromatic rings. The van der Waals surface area contributed by atoms with Gasteiger partial charge in [0.25, 0.3) is 0 Å². The minimum Gasteiger partial charge on any atom is -0.490 e. The first-order valence-corrected chi connectivity index (χ1v) is 47.4. The molecule has 7 heterocycles. The molecule has 26 heteroatoms. The first-order chi connectivity index (χ1) is 44.4. The Bertz CT molecular complexity index is 3640. The van der Waals surface area contributed by atoms with E-state index in [1.54, 1.807) is 0 Å². The third-order valence-electron chi connectivity index (χ3n) is 22.6. The van der Waals surface area contributed by atoms with Gasteiger partial charge in [0.2, 0.25) is 0 Å². The van der Waals surface area contributed by atoms with Crippen LogP contribution >= 0.6 is 15.9 Å². The van der Waals surface area contributed by atoms with E-state index < -0.39 is 65.6 Å². The fourth-order valence-electron chi connectivity index (χ4n) is 9.50. The van der Waals surface area contributed by atoms with Gasteiger partial charge in [-0.15, -0.1) is 0 Å². The molecule has 3 fully saturated rings. The van der Waals surface area contributed by atoms with Crippen molar-refractivity contribution in [2.75, 3.05) is 26.4 Å². The minimum absolute atomic E-state index is 0.124. The molecule has 0 spiro atoms. The quantitative estimate of drug-likeness (QED) is 0.0521. The Morgan fingerprint density at radius 3 is 1.08 bits per heavy atom. The molecule has 0 atom stereocenters. The normalized spacial score (nSPS) is 18.6. The van der Waals surface area contributed by atoms with Gasteiger partial charge in [-0.1, -0.05) is 111 Å². The van der Waals surface area contributed by atoms with Crippen LogP contribution in [0, 0.1) is 0 Å². The van der Waals surface area contributed by atoms with Gasteiger partial charge in [-0.3, -0.25) is 0 Å². The molecule has 0 radical (unpaired) electrons. The van der Waals surface area contributed by atoms with Crippen LogP contribution in [-0.2, 0) is 58.8 Å². The summed E-state index contributed by atoms with van der Waals surface area (Å²) in [5, 5.41) is 11.8. The largest absolute Gasteiger partial charge is 0.495 e. The van der Waals surface area contributed by atoms with E-state index in [1.165, 1.54) is 0 Å². The van der Waals surface area contributed by atoms with Crippen molar-refractivity contribution in [3.63, 3.8) is 0 Å². The number of nitrogens with zero attached hydrogens (tertiary/aromatic N) is 6. The summed E-state index contributed by atoms with van der Waals surface area (Å²) in [6, 6.07) is 20.1. The molecular weight excluding hydrogens is 1370 g/mol. The highest BCUT2D eigenvalue weighted by Gasteiger charge is 2.64. The molecule has 4 aromatic heterocycles. The first-order valence-electron chi connectivity index (χ1n) is 34.9. The highest BCUT2D eigenvalue weighted by atomic mass is 79.9. The second kappa shape index (κ2) is 29.2. The van der Waals surface area contributed by atoms with Gasteiger partial charge in [0.15, 0.2) is 44.9 Å². The van der Waals surface area contributed by atoms with Gasteiger partial charge in [-0.05, 0) is 210 Å². The molecule has 0 aliphatic carbocycles. The number of ether oxygens (including phenoxy) is 2. The maximum absolute atomic E-state index is 6.47. The van der Waals surface area contributed by atoms with Crippen molar-refractivity contribution in [3.05, 3.63) is 88.9 Å². The van der Waals surface area contributed by atoms with Gasteiger partial charge in [0.05, 0.1) is 106 Å². The van der Waals surface area contributed by atoms with E-state index in [1.807, 2.05) is 132 Å². The molecule has 0 saturated carbocycles. The topological polar surface area (TPSA) is 172 Å². The van der Waals surface area contributed by atoms with Crippen LogP contribution in [0.15, 0.2) is 77.5 Å². The van der Waals surface area contributed by atoms with Crippen LogP contribution in [0.1, 0.15) is 178 Å². The molecule has 542 valence electrons. The van der Waals surface area contributed by atoms with Crippen LogP contribution in [0.2, 0.25) is 72.5 Å². The molecule has 3 aliphatic rings. The molecular formula is C72H120B3BrN6O12Si4. The predicted molar refractivity (Wildman–Crippen MR) is 415 cm³/mol. The van der Waals surface area contributed by atoms with Crippen molar-refractivity contribution in [1.29, 1.82) is 0 Å². The summed E-state index contributed by atoms with van der Waals surface area (Å²) in [5.41, 5.74) is 2.07. The van der Waals surface area contributed by atoms with Crippen molar-refractivity contribution in [1.82, 2.24) is 29.5 Å². The van der Waals surface area contributed by atoms with Crippen LogP contribution in [0.4, 0.5) is 0 Å². The van der Waals surface area contributed by atoms with E-state index in [-0.39, 0.29) is 42.6 Å². The molecule has 18 nitrogen and oxygen atoms in total. The first kappa shape index (κ1) is 81.7. The van der Waals surface area contributed by atoms with Gasteiger partial charge in [0, 0.05) is 4.47 Å². The highest BCUT2D eigenvalue weighted by molar-refractivity contribution is 9.10. The SMILES string of the molecule is CC(C)(C)[Si](C)(C)OCCOc1cc(Br)cc2c1cnn2-c1cccc(CO[Si](C)(C)C(C)(C)C)n1.CC1(C)OB(B2OC(C)(C)C(C)(C)O2)OC1(C)C.CC1(C)OB(c2cc(OCCO[Si](C)(C)C(C)(C)C)c3cnn(-c4cccc(CO[Si](C)(C)C(C)(C)C)n4)c3c2)OC1(C)C. The average Bonchev–Trinajstić information content (AvgIpc) is 1.60. The number of fused-ring (bicyclic) bond motifs is 2. The Kier molecular flexibility index (Phi) is 24.3. The lowest BCUT2D eigenvalue weighted by Crippen LogP contribution is -2.41. The van der Waals surface area contributed by atoms with E-state index in [4.69, 9.17) is 70.2 Å². The third kappa shape index (κ3) is 18.7. The number of aromatic nitrogens is 6. The lowest BCUT2D eigenvalue weighted by atomic mass is 9.49. The Balaban J connectivity index is 0.000000224. The van der Waals surface area contributed by atoms with Gasteiger partial charge in [-0.25, -0.2) is 19.3 Å². The molecule has 2 aromatic carbocycles. The monoisotopic (exact) mass is 1480 g/mol. The molecule has 0 unspecified atom stereocenters. The molecule has 0 bridgehead atoms. The number of benzene rings is 2. The van der Waals surface area contributed by atoms with Crippen LogP contribution < -0.4 is 14.9 Å². The number of halogens is 1. The fraction of sp³-hybridized carbons (Fsp3) is 0.667. The molecule has 0 amide bonds. The van der Waals surface area contributed by atoms with Crippen molar-refractivity contribution < 1.29 is 55.1 Å². The number of rotatable bonds is 20. The minimum atomic E-state index is -1.92. The second-order valence-corrected chi connectivity index (χ2v) is 55.9. The van der Waals surface area contributed by atoms with Gasteiger partial charge < -0.3 is 55.1 Å². The Hall–Kier alpha value is -3.58. The number of hydrogen-bond donors (Lipinski definition) is 0.